The minimum atomic E-state index is -4.96. The molecule has 0 saturated heterocycles. The van der Waals surface area contributed by atoms with Crippen molar-refractivity contribution < 1.29 is 32.6 Å². The normalized spacial score (nSPS) is 16.4. The predicted octanol–water partition coefficient (Wildman–Crippen LogP) is 4.29. The van der Waals surface area contributed by atoms with Crippen molar-refractivity contribution in [1.82, 2.24) is 25.1 Å². The van der Waals surface area contributed by atoms with Gasteiger partial charge in [-0.1, -0.05) is 19.3 Å². The van der Waals surface area contributed by atoms with E-state index in [1.54, 1.807) is 27.9 Å². The summed E-state index contributed by atoms with van der Waals surface area (Å²) in [5, 5.41) is 16.3. The maximum absolute atomic E-state index is 14.1. The van der Waals surface area contributed by atoms with Gasteiger partial charge >= 0.3 is 12.1 Å². The van der Waals surface area contributed by atoms with Gasteiger partial charge in [-0.05, 0) is 55.5 Å². The van der Waals surface area contributed by atoms with Crippen molar-refractivity contribution in [2.45, 2.75) is 63.7 Å². The van der Waals surface area contributed by atoms with E-state index in [0.29, 0.717) is 50.4 Å². The molecule has 0 unspecified atom stereocenters. The first kappa shape index (κ1) is 27.4. The van der Waals surface area contributed by atoms with E-state index in [9.17, 15) is 27.9 Å². The molecule has 0 spiro atoms. The van der Waals surface area contributed by atoms with E-state index in [2.05, 4.69) is 20.4 Å². The van der Waals surface area contributed by atoms with Gasteiger partial charge in [0.2, 0.25) is 5.95 Å². The number of amides is 1. The van der Waals surface area contributed by atoms with Gasteiger partial charge in [0.05, 0.1) is 18.3 Å². The van der Waals surface area contributed by atoms with Gasteiger partial charge < -0.3 is 20.1 Å². The lowest BCUT2D eigenvalue weighted by molar-refractivity contribution is -0.145. The van der Waals surface area contributed by atoms with Crippen molar-refractivity contribution in [2.24, 2.45) is 0 Å². The lowest BCUT2D eigenvalue weighted by atomic mass is 9.81. The fourth-order valence-electron chi connectivity index (χ4n) is 5.24. The number of fused-ring (bicyclic) bond motifs is 1. The number of alkyl halides is 3. The second-order valence-electron chi connectivity index (χ2n) is 10.2. The number of anilines is 2. The molecular formula is C27H29F3N6O4. The van der Waals surface area contributed by atoms with E-state index < -0.39 is 34.8 Å². The highest BCUT2D eigenvalue weighted by Gasteiger charge is 2.44. The molecule has 2 aliphatic rings. The van der Waals surface area contributed by atoms with Gasteiger partial charge in [0.15, 0.2) is 5.69 Å². The number of nitrogens with one attached hydrogen (secondary N) is 1. The first-order chi connectivity index (χ1) is 19.1. The molecule has 1 amide bonds. The summed E-state index contributed by atoms with van der Waals surface area (Å²) in [7, 11) is 0. The largest absolute Gasteiger partial charge is 0.492 e. The van der Waals surface area contributed by atoms with E-state index >= 15 is 0 Å². The first-order valence-corrected chi connectivity index (χ1v) is 13.1. The number of aryl methyl sites for hydroxylation is 1. The molecule has 0 bridgehead atoms. The number of benzene rings is 1. The molecule has 1 saturated carbocycles. The maximum atomic E-state index is 14.1. The number of carboxylic acids is 1. The summed E-state index contributed by atoms with van der Waals surface area (Å²) in [6, 6.07) is 5.31. The second-order valence-corrected chi connectivity index (χ2v) is 10.2. The van der Waals surface area contributed by atoms with Crippen molar-refractivity contribution in [3.8, 4) is 5.75 Å². The minimum absolute atomic E-state index is 0.146. The van der Waals surface area contributed by atoms with Crippen LogP contribution in [0.4, 0.5) is 24.8 Å². The standard InChI is InChI=1S/C27H29F3N6O4/c1-17-14-32-35(16-17)11-12-40-19-5-6-21-18(13-19)7-10-36(21)25-31-15-20(22(33-25)27(28,29)30)23(37)34-26(24(38)39)8-3-2-4-9-26/h5-6,13-16H,2-4,7-12H2,1H3,(H,34,37)(H,38,39). The van der Waals surface area contributed by atoms with Crippen LogP contribution >= 0.6 is 0 Å². The first-order valence-electron chi connectivity index (χ1n) is 13.1. The van der Waals surface area contributed by atoms with Crippen LogP contribution in [-0.2, 0) is 23.9 Å². The zero-order valence-electron chi connectivity index (χ0n) is 21.9. The summed E-state index contributed by atoms with van der Waals surface area (Å²) in [6.45, 7) is 3.26. The molecule has 1 fully saturated rings. The zero-order chi connectivity index (χ0) is 28.5. The molecular weight excluding hydrogens is 529 g/mol. The van der Waals surface area contributed by atoms with Gasteiger partial charge in [-0.25, -0.2) is 14.8 Å². The molecule has 3 aromatic rings. The Morgan fingerprint density at radius 3 is 2.62 bits per heavy atom. The van der Waals surface area contributed by atoms with Crippen LogP contribution in [0.5, 0.6) is 5.75 Å². The number of hydrogen-bond acceptors (Lipinski definition) is 7. The second kappa shape index (κ2) is 10.8. The van der Waals surface area contributed by atoms with Crippen LogP contribution in [0.25, 0.3) is 0 Å². The smallest absolute Gasteiger partial charge is 0.434 e. The summed E-state index contributed by atoms with van der Waals surface area (Å²) >= 11 is 0. The number of rotatable bonds is 8. The fraction of sp³-hybridized carbons (Fsp3) is 0.444. The van der Waals surface area contributed by atoms with Gasteiger partial charge in [0, 0.05) is 24.6 Å². The lowest BCUT2D eigenvalue weighted by Crippen LogP contribution is -2.55. The van der Waals surface area contributed by atoms with Crippen molar-refractivity contribution in [1.29, 1.82) is 0 Å². The Kier molecular flexibility index (Phi) is 7.39. The number of carbonyl (C=O) groups is 2. The van der Waals surface area contributed by atoms with Crippen LogP contribution in [0.15, 0.2) is 36.8 Å². The number of hydrogen-bond donors (Lipinski definition) is 2. The summed E-state index contributed by atoms with van der Waals surface area (Å²) < 4.78 is 49.8. The Hall–Kier alpha value is -4.16. The fourth-order valence-corrected chi connectivity index (χ4v) is 5.24. The number of halogens is 3. The highest BCUT2D eigenvalue weighted by atomic mass is 19.4. The number of aromatic nitrogens is 4. The SMILES string of the molecule is Cc1cnn(CCOc2ccc3c(c2)CCN3c2ncc(C(=O)NC3(C(=O)O)CCCCC3)c(C(F)(F)F)n2)c1. The van der Waals surface area contributed by atoms with Gasteiger partial charge in [-0.3, -0.25) is 9.48 Å². The van der Waals surface area contributed by atoms with Crippen LogP contribution in [0.2, 0.25) is 0 Å². The van der Waals surface area contributed by atoms with Gasteiger partial charge in [0.25, 0.3) is 5.91 Å². The third-order valence-electron chi connectivity index (χ3n) is 7.30. The highest BCUT2D eigenvalue weighted by molar-refractivity contribution is 5.98. The molecule has 2 N–H and O–H groups in total. The van der Waals surface area contributed by atoms with Crippen LogP contribution in [0.3, 0.4) is 0 Å². The zero-order valence-corrected chi connectivity index (χ0v) is 21.9. The van der Waals surface area contributed by atoms with Gasteiger partial charge in [-0.2, -0.15) is 18.3 Å². The molecule has 1 aliphatic heterocycles. The molecule has 2 aromatic heterocycles. The van der Waals surface area contributed by atoms with Crippen LogP contribution in [-0.4, -0.2) is 55.4 Å². The Bertz CT molecular complexity index is 1420. The van der Waals surface area contributed by atoms with E-state index in [4.69, 9.17) is 4.74 Å². The number of ether oxygens (including phenoxy) is 1. The molecule has 0 atom stereocenters. The Balaban J connectivity index is 1.34. The van der Waals surface area contributed by atoms with E-state index in [-0.39, 0.29) is 18.8 Å². The van der Waals surface area contributed by atoms with Gasteiger partial charge in [0.1, 0.15) is 17.9 Å². The topological polar surface area (TPSA) is 122 Å². The molecule has 5 rings (SSSR count). The highest BCUT2D eigenvalue weighted by Crippen LogP contribution is 2.38. The summed E-state index contributed by atoms with van der Waals surface area (Å²) in [4.78, 5) is 34.3. The van der Waals surface area contributed by atoms with E-state index in [1.165, 1.54) is 0 Å². The molecule has 1 aromatic carbocycles. The molecule has 10 nitrogen and oxygen atoms in total. The van der Waals surface area contributed by atoms with Crippen LogP contribution in [0.1, 0.15) is 59.3 Å². The number of carboxylic acid groups (broad SMARTS) is 1. The quantitative estimate of drug-likeness (QED) is 0.420. The molecule has 212 valence electrons. The third-order valence-corrected chi connectivity index (χ3v) is 7.30. The average molecular weight is 559 g/mol. The molecule has 40 heavy (non-hydrogen) atoms. The summed E-state index contributed by atoms with van der Waals surface area (Å²) in [6.07, 6.45) is 2.28. The third kappa shape index (κ3) is 5.58. The Morgan fingerprint density at radius 1 is 1.18 bits per heavy atom. The molecule has 13 heteroatoms. The monoisotopic (exact) mass is 558 g/mol. The van der Waals surface area contributed by atoms with Crippen LogP contribution in [0, 0.1) is 6.92 Å². The Morgan fingerprint density at radius 2 is 1.95 bits per heavy atom. The number of nitrogens with zero attached hydrogens (tertiary/aromatic N) is 5. The van der Waals surface area contributed by atoms with Crippen LogP contribution < -0.4 is 15.0 Å². The predicted molar refractivity (Wildman–Crippen MR) is 138 cm³/mol. The minimum Gasteiger partial charge on any atom is -0.492 e. The molecule has 3 heterocycles. The number of carbonyl (C=O) groups excluding carboxylic acids is 1. The molecule has 1 aliphatic carbocycles. The van der Waals surface area contributed by atoms with Crippen molar-refractivity contribution >= 4 is 23.5 Å². The summed E-state index contributed by atoms with van der Waals surface area (Å²) in [5.74, 6) is -1.99. The lowest BCUT2D eigenvalue weighted by Gasteiger charge is -2.34. The Labute approximate surface area is 228 Å². The van der Waals surface area contributed by atoms with Crippen molar-refractivity contribution in [2.75, 3.05) is 18.1 Å². The van der Waals surface area contributed by atoms with E-state index in [0.717, 1.165) is 23.7 Å². The van der Waals surface area contributed by atoms with Crippen molar-refractivity contribution in [3.63, 3.8) is 0 Å². The van der Waals surface area contributed by atoms with Crippen molar-refractivity contribution in [3.05, 3.63) is 59.2 Å². The van der Waals surface area contributed by atoms with E-state index in [1.807, 2.05) is 19.2 Å². The average Bonchev–Trinajstić information content (AvgIpc) is 3.54. The maximum Gasteiger partial charge on any atom is 0.434 e. The molecule has 0 radical (unpaired) electrons. The summed E-state index contributed by atoms with van der Waals surface area (Å²) in [5.41, 5.74) is -1.26. The number of aliphatic carboxylic acids is 1. The van der Waals surface area contributed by atoms with Gasteiger partial charge in [-0.15, -0.1) is 0 Å².